The first-order valence-electron chi connectivity index (χ1n) is 5.81. The van der Waals surface area contributed by atoms with Crippen LogP contribution in [0.15, 0.2) is 0 Å². The van der Waals surface area contributed by atoms with Crippen LogP contribution in [-0.2, 0) is 14.3 Å². The first-order chi connectivity index (χ1) is 7.75. The molecule has 0 bridgehead atoms. The third-order valence-electron chi connectivity index (χ3n) is 2.68. The van der Waals surface area contributed by atoms with Gasteiger partial charge in [0.25, 0.3) is 0 Å². The number of ether oxygens (including phenoxy) is 1. The fraction of sp³-hybridized carbons (Fsp3) is 0.818. The van der Waals surface area contributed by atoms with Gasteiger partial charge < -0.3 is 15.0 Å². The monoisotopic (exact) mass is 228 g/mol. The van der Waals surface area contributed by atoms with E-state index >= 15 is 0 Å². The van der Waals surface area contributed by atoms with Gasteiger partial charge in [-0.25, -0.2) is 0 Å². The number of carbonyl (C=O) groups excluding carboxylic acids is 2. The Bertz CT molecular complexity index is 235. The predicted octanol–water partition coefficient (Wildman–Crippen LogP) is 0.152. The zero-order valence-electron chi connectivity index (χ0n) is 9.83. The molecule has 2 amide bonds. The maximum atomic E-state index is 11.7. The molecule has 1 saturated heterocycles. The van der Waals surface area contributed by atoms with E-state index < -0.39 is 11.8 Å². The Morgan fingerprint density at radius 2 is 1.81 bits per heavy atom. The predicted molar refractivity (Wildman–Crippen MR) is 59.9 cm³/mol. The molecule has 0 spiro atoms. The van der Waals surface area contributed by atoms with Crippen LogP contribution in [0.1, 0.15) is 25.7 Å². The van der Waals surface area contributed by atoms with Gasteiger partial charge in [0.15, 0.2) is 0 Å². The van der Waals surface area contributed by atoms with Crippen LogP contribution < -0.4 is 5.32 Å². The molecule has 1 rings (SSSR count). The second-order valence-corrected chi connectivity index (χ2v) is 3.96. The van der Waals surface area contributed by atoms with E-state index in [1.165, 1.54) is 0 Å². The van der Waals surface area contributed by atoms with Crippen molar-refractivity contribution in [3.05, 3.63) is 0 Å². The van der Waals surface area contributed by atoms with Gasteiger partial charge in [0, 0.05) is 26.7 Å². The van der Waals surface area contributed by atoms with Crippen molar-refractivity contribution in [2.75, 3.05) is 33.4 Å². The van der Waals surface area contributed by atoms with Gasteiger partial charge in [-0.15, -0.1) is 0 Å². The average Bonchev–Trinajstić information content (AvgIpc) is 2.56. The van der Waals surface area contributed by atoms with Crippen molar-refractivity contribution in [3.63, 3.8) is 0 Å². The lowest BCUT2D eigenvalue weighted by Crippen LogP contribution is -2.44. The molecule has 16 heavy (non-hydrogen) atoms. The van der Waals surface area contributed by atoms with E-state index in [9.17, 15) is 9.59 Å². The number of carbonyl (C=O) groups is 2. The van der Waals surface area contributed by atoms with E-state index in [-0.39, 0.29) is 0 Å². The Hall–Kier alpha value is -1.10. The summed E-state index contributed by atoms with van der Waals surface area (Å²) in [5, 5.41) is 2.55. The highest BCUT2D eigenvalue weighted by Gasteiger charge is 2.21. The molecule has 1 aliphatic rings. The summed E-state index contributed by atoms with van der Waals surface area (Å²) in [5.41, 5.74) is 0. The summed E-state index contributed by atoms with van der Waals surface area (Å²) in [5.74, 6) is -0.919. The van der Waals surface area contributed by atoms with Gasteiger partial charge in [-0.3, -0.25) is 9.59 Å². The summed E-state index contributed by atoms with van der Waals surface area (Å²) in [6.45, 7) is 2.22. The third kappa shape index (κ3) is 4.18. The van der Waals surface area contributed by atoms with Crippen LogP contribution in [-0.4, -0.2) is 50.1 Å². The number of likely N-dealkylation sites (tertiary alicyclic amines) is 1. The van der Waals surface area contributed by atoms with Crippen molar-refractivity contribution in [3.8, 4) is 0 Å². The topological polar surface area (TPSA) is 58.6 Å². The molecule has 0 aromatic carbocycles. The van der Waals surface area contributed by atoms with Crippen molar-refractivity contribution in [2.24, 2.45) is 0 Å². The molecule has 1 fully saturated rings. The van der Waals surface area contributed by atoms with Gasteiger partial charge in [0.05, 0.1) is 6.61 Å². The van der Waals surface area contributed by atoms with Crippen LogP contribution in [0.5, 0.6) is 0 Å². The first-order valence-corrected chi connectivity index (χ1v) is 5.81. The van der Waals surface area contributed by atoms with Crippen molar-refractivity contribution in [1.29, 1.82) is 0 Å². The van der Waals surface area contributed by atoms with Crippen LogP contribution in [0, 0.1) is 0 Å². The van der Waals surface area contributed by atoms with Crippen molar-refractivity contribution < 1.29 is 14.3 Å². The molecule has 5 heteroatoms. The highest BCUT2D eigenvalue weighted by molar-refractivity contribution is 6.35. The lowest BCUT2D eigenvalue weighted by molar-refractivity contribution is -0.145. The summed E-state index contributed by atoms with van der Waals surface area (Å²) in [4.78, 5) is 24.8. The van der Waals surface area contributed by atoms with E-state index in [0.717, 1.165) is 25.7 Å². The van der Waals surface area contributed by atoms with Gasteiger partial charge in [0.2, 0.25) is 0 Å². The molecule has 92 valence electrons. The van der Waals surface area contributed by atoms with Crippen molar-refractivity contribution >= 4 is 11.8 Å². The molecule has 0 aliphatic carbocycles. The van der Waals surface area contributed by atoms with Gasteiger partial charge in [-0.2, -0.15) is 0 Å². The van der Waals surface area contributed by atoms with E-state index in [0.29, 0.717) is 26.2 Å². The number of amides is 2. The standard InChI is InChI=1S/C11H20N2O3/c1-16-9-6-12-10(14)11(15)13-7-4-2-3-5-8-13/h2-9H2,1H3,(H,12,14). The minimum absolute atomic E-state index is 0.384. The number of rotatable bonds is 3. The molecular formula is C11H20N2O3. The highest BCUT2D eigenvalue weighted by Crippen LogP contribution is 2.09. The van der Waals surface area contributed by atoms with Crippen LogP contribution in [0.4, 0.5) is 0 Å². The molecular weight excluding hydrogens is 208 g/mol. The fourth-order valence-corrected chi connectivity index (χ4v) is 1.76. The summed E-state index contributed by atoms with van der Waals surface area (Å²) in [6.07, 6.45) is 4.29. The molecule has 0 saturated carbocycles. The molecule has 1 aliphatic heterocycles. The van der Waals surface area contributed by atoms with Crippen LogP contribution in [0.3, 0.4) is 0 Å². The summed E-state index contributed by atoms with van der Waals surface area (Å²) in [6, 6.07) is 0. The smallest absolute Gasteiger partial charge is 0.311 e. The number of nitrogens with zero attached hydrogens (tertiary/aromatic N) is 1. The Morgan fingerprint density at radius 1 is 1.19 bits per heavy atom. The maximum Gasteiger partial charge on any atom is 0.311 e. The molecule has 0 aromatic heterocycles. The maximum absolute atomic E-state index is 11.7. The van der Waals surface area contributed by atoms with Crippen LogP contribution >= 0.6 is 0 Å². The molecule has 0 atom stereocenters. The van der Waals surface area contributed by atoms with E-state index in [1.54, 1.807) is 12.0 Å². The zero-order valence-corrected chi connectivity index (χ0v) is 9.83. The van der Waals surface area contributed by atoms with Gasteiger partial charge in [-0.1, -0.05) is 12.8 Å². The Morgan fingerprint density at radius 3 is 2.38 bits per heavy atom. The van der Waals surface area contributed by atoms with E-state index in [2.05, 4.69) is 5.32 Å². The molecule has 0 aromatic rings. The van der Waals surface area contributed by atoms with Crippen LogP contribution in [0.25, 0.3) is 0 Å². The van der Waals surface area contributed by atoms with Gasteiger partial charge >= 0.3 is 11.8 Å². The van der Waals surface area contributed by atoms with Crippen molar-refractivity contribution in [2.45, 2.75) is 25.7 Å². The van der Waals surface area contributed by atoms with Gasteiger partial charge in [-0.05, 0) is 12.8 Å². The highest BCUT2D eigenvalue weighted by atomic mass is 16.5. The second kappa shape index (κ2) is 7.22. The lowest BCUT2D eigenvalue weighted by Gasteiger charge is -2.19. The van der Waals surface area contributed by atoms with E-state index in [4.69, 9.17) is 4.74 Å². The SMILES string of the molecule is COCCNC(=O)C(=O)N1CCCCCC1. The minimum Gasteiger partial charge on any atom is -0.383 e. The minimum atomic E-state index is -0.515. The summed E-state index contributed by atoms with van der Waals surface area (Å²) < 4.78 is 4.80. The Kier molecular flexibility index (Phi) is 5.85. The van der Waals surface area contributed by atoms with Crippen LogP contribution in [0.2, 0.25) is 0 Å². The normalized spacial score (nSPS) is 16.7. The molecule has 5 nitrogen and oxygen atoms in total. The van der Waals surface area contributed by atoms with Crippen molar-refractivity contribution in [1.82, 2.24) is 10.2 Å². The van der Waals surface area contributed by atoms with E-state index in [1.807, 2.05) is 0 Å². The third-order valence-corrected chi connectivity index (χ3v) is 2.68. The molecule has 0 radical (unpaired) electrons. The Labute approximate surface area is 96.1 Å². The number of methoxy groups -OCH3 is 1. The molecule has 1 N–H and O–H groups in total. The zero-order chi connectivity index (χ0) is 11.8. The number of hydrogen-bond acceptors (Lipinski definition) is 3. The molecule has 1 heterocycles. The molecule has 0 unspecified atom stereocenters. The number of nitrogens with one attached hydrogen (secondary N) is 1. The number of hydrogen-bond donors (Lipinski definition) is 1. The average molecular weight is 228 g/mol. The summed E-state index contributed by atoms with van der Waals surface area (Å²) >= 11 is 0. The lowest BCUT2D eigenvalue weighted by atomic mass is 10.2. The second-order valence-electron chi connectivity index (χ2n) is 3.96. The summed E-state index contributed by atoms with van der Waals surface area (Å²) in [7, 11) is 1.56. The Balaban J connectivity index is 2.33. The first kappa shape index (κ1) is 13.0. The quantitative estimate of drug-likeness (QED) is 0.552. The fourth-order valence-electron chi connectivity index (χ4n) is 1.76. The van der Waals surface area contributed by atoms with Gasteiger partial charge in [0.1, 0.15) is 0 Å². The largest absolute Gasteiger partial charge is 0.383 e.